The van der Waals surface area contributed by atoms with Gasteiger partial charge in [0.15, 0.2) is 0 Å². The highest BCUT2D eigenvalue weighted by molar-refractivity contribution is 6.17. The second kappa shape index (κ2) is 5.60. The second-order valence-electron chi connectivity index (χ2n) is 2.75. The smallest absolute Gasteiger partial charge is 0.0258 e. The molecule has 0 spiro atoms. The monoisotopic (exact) mass is 192 g/mol. The van der Waals surface area contributed by atoms with Gasteiger partial charge in [-0.15, -0.1) is 11.6 Å². The summed E-state index contributed by atoms with van der Waals surface area (Å²) in [7, 11) is 0. The first kappa shape index (κ1) is 10.1. The summed E-state index contributed by atoms with van der Waals surface area (Å²) in [5.74, 6) is 0.678. The van der Waals surface area contributed by atoms with E-state index < -0.39 is 0 Å². The fourth-order valence-corrected chi connectivity index (χ4v) is 1.20. The molecule has 0 radical (unpaired) electrons. The first-order valence-corrected chi connectivity index (χ1v) is 4.85. The summed E-state index contributed by atoms with van der Waals surface area (Å²) >= 11 is 5.56. The van der Waals surface area contributed by atoms with Gasteiger partial charge in [0.05, 0.1) is 0 Å². The third-order valence-electron chi connectivity index (χ3n) is 1.73. The molecule has 13 heavy (non-hydrogen) atoms. The lowest BCUT2D eigenvalue weighted by molar-refractivity contribution is 1.24. The number of halogens is 1. The van der Waals surface area contributed by atoms with E-state index in [1.54, 1.807) is 0 Å². The van der Waals surface area contributed by atoms with E-state index in [1.807, 2.05) is 18.2 Å². The third kappa shape index (κ3) is 3.47. The van der Waals surface area contributed by atoms with Gasteiger partial charge in [-0.3, -0.25) is 0 Å². The predicted molar refractivity (Wildman–Crippen MR) is 60.9 cm³/mol. The zero-order valence-electron chi connectivity index (χ0n) is 7.54. The van der Waals surface area contributed by atoms with Gasteiger partial charge in [0, 0.05) is 5.88 Å². The first-order valence-electron chi connectivity index (χ1n) is 4.32. The lowest BCUT2D eigenvalue weighted by Crippen LogP contribution is -1.75. The number of hydrogen-bond donors (Lipinski definition) is 0. The van der Waals surface area contributed by atoms with Gasteiger partial charge in [-0.25, -0.2) is 0 Å². The maximum atomic E-state index is 5.56. The lowest BCUT2D eigenvalue weighted by Gasteiger charge is -1.95. The Labute approximate surface area is 84.5 Å². The number of alkyl halides is 1. The highest BCUT2D eigenvalue weighted by Gasteiger charge is 1.87. The normalized spacial score (nSPS) is 10.5. The average Bonchev–Trinajstić information content (AvgIpc) is 2.19. The number of allylic oxidation sites excluding steroid dienone is 1. The molecule has 1 aromatic rings. The van der Waals surface area contributed by atoms with Crippen LogP contribution in [-0.2, 0) is 0 Å². The Morgan fingerprint density at radius 2 is 2.08 bits per heavy atom. The summed E-state index contributed by atoms with van der Waals surface area (Å²) in [5.41, 5.74) is 2.34. The molecule has 0 aliphatic rings. The van der Waals surface area contributed by atoms with Crippen molar-refractivity contribution in [3.8, 4) is 0 Å². The molecule has 0 aliphatic carbocycles. The zero-order valence-corrected chi connectivity index (χ0v) is 8.30. The molecule has 1 aromatic carbocycles. The van der Waals surface area contributed by atoms with Gasteiger partial charge in [-0.05, 0) is 23.6 Å². The maximum absolute atomic E-state index is 5.56. The highest BCUT2D eigenvalue weighted by atomic mass is 35.5. The van der Waals surface area contributed by atoms with E-state index in [9.17, 15) is 0 Å². The van der Waals surface area contributed by atoms with Crippen LogP contribution in [0.3, 0.4) is 0 Å². The van der Waals surface area contributed by atoms with Crippen LogP contribution in [0.5, 0.6) is 0 Å². The van der Waals surface area contributed by atoms with Crippen molar-refractivity contribution in [2.45, 2.75) is 6.42 Å². The van der Waals surface area contributed by atoms with Gasteiger partial charge in [-0.2, -0.15) is 0 Å². The van der Waals surface area contributed by atoms with Crippen molar-refractivity contribution in [2.75, 3.05) is 5.88 Å². The molecule has 0 bridgehead atoms. The molecule has 0 amide bonds. The molecular formula is C12H13Cl. The standard InChI is InChI=1S/C12H13Cl/c1-2-11-7-5-8-12(10-11)6-3-4-9-13/h2-3,5-8,10H,1,4,9H2. The molecule has 0 saturated carbocycles. The number of benzene rings is 1. The molecule has 1 rings (SSSR count). The number of rotatable bonds is 4. The van der Waals surface area contributed by atoms with Crippen molar-refractivity contribution in [1.82, 2.24) is 0 Å². The van der Waals surface area contributed by atoms with Crippen LogP contribution in [0, 0.1) is 0 Å². The van der Waals surface area contributed by atoms with Crippen LogP contribution >= 0.6 is 11.6 Å². The van der Waals surface area contributed by atoms with E-state index in [2.05, 4.69) is 30.9 Å². The van der Waals surface area contributed by atoms with E-state index in [1.165, 1.54) is 5.56 Å². The Balaban J connectivity index is 2.71. The second-order valence-corrected chi connectivity index (χ2v) is 3.13. The van der Waals surface area contributed by atoms with Crippen molar-refractivity contribution in [1.29, 1.82) is 0 Å². The fourth-order valence-electron chi connectivity index (χ4n) is 1.07. The lowest BCUT2D eigenvalue weighted by atomic mass is 10.1. The Bertz CT molecular complexity index is 300. The minimum Gasteiger partial charge on any atom is -0.126 e. The largest absolute Gasteiger partial charge is 0.126 e. The van der Waals surface area contributed by atoms with Crippen LogP contribution in [0.4, 0.5) is 0 Å². The Hall–Kier alpha value is -1.01. The molecule has 0 aliphatic heterocycles. The summed E-state index contributed by atoms with van der Waals surface area (Å²) in [4.78, 5) is 0. The Kier molecular flexibility index (Phi) is 4.34. The minimum atomic E-state index is 0.678. The van der Waals surface area contributed by atoms with Crippen molar-refractivity contribution in [3.05, 3.63) is 48.0 Å². The number of hydrogen-bond acceptors (Lipinski definition) is 0. The van der Waals surface area contributed by atoms with Crippen LogP contribution in [0.2, 0.25) is 0 Å². The maximum Gasteiger partial charge on any atom is 0.0258 e. The van der Waals surface area contributed by atoms with E-state index in [0.717, 1.165) is 12.0 Å². The third-order valence-corrected chi connectivity index (χ3v) is 1.95. The molecule has 68 valence electrons. The summed E-state index contributed by atoms with van der Waals surface area (Å²) in [6, 6.07) is 8.22. The molecule has 0 fully saturated rings. The van der Waals surface area contributed by atoms with E-state index >= 15 is 0 Å². The van der Waals surface area contributed by atoms with Crippen LogP contribution in [-0.4, -0.2) is 5.88 Å². The SMILES string of the molecule is C=Cc1cccc(C=CCCCl)c1. The summed E-state index contributed by atoms with van der Waals surface area (Å²) in [5, 5.41) is 0. The van der Waals surface area contributed by atoms with E-state index in [-0.39, 0.29) is 0 Å². The highest BCUT2D eigenvalue weighted by Crippen LogP contribution is 2.08. The molecule has 0 nitrogen and oxygen atoms in total. The molecule has 0 atom stereocenters. The van der Waals surface area contributed by atoms with Crippen molar-refractivity contribution in [3.63, 3.8) is 0 Å². The summed E-state index contributed by atoms with van der Waals surface area (Å²) < 4.78 is 0. The minimum absolute atomic E-state index is 0.678. The van der Waals surface area contributed by atoms with Gasteiger partial charge in [0.25, 0.3) is 0 Å². The van der Waals surface area contributed by atoms with Gasteiger partial charge < -0.3 is 0 Å². The molecule has 0 aromatic heterocycles. The first-order chi connectivity index (χ1) is 6.36. The van der Waals surface area contributed by atoms with Crippen LogP contribution in [0.15, 0.2) is 36.9 Å². The van der Waals surface area contributed by atoms with Crippen molar-refractivity contribution >= 4 is 23.8 Å². The van der Waals surface area contributed by atoms with Gasteiger partial charge in [0.2, 0.25) is 0 Å². The molecule has 0 heterocycles. The molecule has 0 saturated heterocycles. The van der Waals surface area contributed by atoms with Gasteiger partial charge in [-0.1, -0.05) is 43.0 Å². The Morgan fingerprint density at radius 1 is 1.31 bits per heavy atom. The predicted octanol–water partition coefficient (Wildman–Crippen LogP) is 3.97. The quantitative estimate of drug-likeness (QED) is 0.634. The van der Waals surface area contributed by atoms with Crippen LogP contribution in [0.25, 0.3) is 12.2 Å². The summed E-state index contributed by atoms with van der Waals surface area (Å²) in [6.07, 6.45) is 6.92. The molecule has 0 unspecified atom stereocenters. The van der Waals surface area contributed by atoms with Crippen molar-refractivity contribution < 1.29 is 0 Å². The van der Waals surface area contributed by atoms with Crippen LogP contribution in [0.1, 0.15) is 17.5 Å². The Morgan fingerprint density at radius 3 is 2.77 bits per heavy atom. The van der Waals surface area contributed by atoms with E-state index in [0.29, 0.717) is 5.88 Å². The van der Waals surface area contributed by atoms with Crippen LogP contribution < -0.4 is 0 Å². The zero-order chi connectivity index (χ0) is 9.52. The molecule has 1 heteroatoms. The van der Waals surface area contributed by atoms with Gasteiger partial charge in [0.1, 0.15) is 0 Å². The average molecular weight is 193 g/mol. The topological polar surface area (TPSA) is 0 Å². The van der Waals surface area contributed by atoms with Crippen molar-refractivity contribution in [2.24, 2.45) is 0 Å². The van der Waals surface area contributed by atoms with E-state index in [4.69, 9.17) is 11.6 Å². The fraction of sp³-hybridized carbons (Fsp3) is 0.167. The summed E-state index contributed by atoms with van der Waals surface area (Å²) in [6.45, 7) is 3.72. The molecular weight excluding hydrogens is 180 g/mol. The van der Waals surface area contributed by atoms with Gasteiger partial charge >= 0.3 is 0 Å². The molecule has 0 N–H and O–H groups in total.